The Labute approximate surface area is 128 Å². The average molecular weight is 285 g/mol. The lowest BCUT2D eigenvalue weighted by atomic mass is 9.81. The molecule has 3 nitrogen and oxygen atoms in total. The molecule has 1 atom stereocenters. The molecule has 0 amide bonds. The summed E-state index contributed by atoms with van der Waals surface area (Å²) in [6.45, 7) is 9.93. The molecule has 0 spiro atoms. The Balaban J connectivity index is 2.41. The smallest absolute Gasteiger partial charge is 0.0608 e. The maximum Gasteiger partial charge on any atom is 0.0608 e. The fourth-order valence-electron chi connectivity index (χ4n) is 2.81. The molecular weight excluding hydrogens is 258 g/mol. The summed E-state index contributed by atoms with van der Waals surface area (Å²) < 4.78 is 2.03. The van der Waals surface area contributed by atoms with Crippen molar-refractivity contribution in [1.29, 1.82) is 0 Å². The van der Waals surface area contributed by atoms with E-state index in [-0.39, 0.29) is 11.5 Å². The summed E-state index contributed by atoms with van der Waals surface area (Å²) in [6.07, 6.45) is 5.24. The van der Waals surface area contributed by atoms with Crippen LogP contribution >= 0.6 is 0 Å². The summed E-state index contributed by atoms with van der Waals surface area (Å²) in [4.78, 5) is 0. The molecule has 114 valence electrons. The third-order valence-corrected chi connectivity index (χ3v) is 3.81. The van der Waals surface area contributed by atoms with E-state index in [4.69, 9.17) is 0 Å². The topological polar surface area (TPSA) is 29.9 Å². The van der Waals surface area contributed by atoms with Crippen LogP contribution < -0.4 is 5.32 Å². The van der Waals surface area contributed by atoms with Crippen LogP contribution in [0.3, 0.4) is 0 Å². The van der Waals surface area contributed by atoms with E-state index in [1.807, 2.05) is 17.9 Å². The molecule has 2 aromatic rings. The predicted octanol–water partition coefficient (Wildman–Crippen LogP) is 3.90. The number of nitrogens with one attached hydrogen (secondary N) is 1. The van der Waals surface area contributed by atoms with E-state index in [9.17, 15) is 0 Å². The first-order chi connectivity index (χ1) is 9.97. The highest BCUT2D eigenvalue weighted by molar-refractivity contribution is 5.39. The van der Waals surface area contributed by atoms with Crippen molar-refractivity contribution in [1.82, 2.24) is 15.1 Å². The number of benzene rings is 1. The van der Waals surface area contributed by atoms with Gasteiger partial charge in [-0.25, -0.2) is 0 Å². The molecule has 2 rings (SSSR count). The van der Waals surface area contributed by atoms with Gasteiger partial charge in [-0.05, 0) is 30.0 Å². The van der Waals surface area contributed by atoms with E-state index >= 15 is 0 Å². The van der Waals surface area contributed by atoms with E-state index in [0.717, 1.165) is 13.0 Å². The third-order valence-electron chi connectivity index (χ3n) is 3.81. The van der Waals surface area contributed by atoms with Gasteiger partial charge in [0.15, 0.2) is 0 Å². The lowest BCUT2D eigenvalue weighted by molar-refractivity contribution is 0.566. The van der Waals surface area contributed by atoms with Gasteiger partial charge in [0.1, 0.15) is 0 Å². The second-order valence-corrected chi connectivity index (χ2v) is 6.60. The molecule has 1 aromatic carbocycles. The number of hydrogen-bond donors (Lipinski definition) is 1. The van der Waals surface area contributed by atoms with Crippen molar-refractivity contribution in [3.05, 3.63) is 53.3 Å². The van der Waals surface area contributed by atoms with Gasteiger partial charge in [-0.3, -0.25) is 4.68 Å². The Kier molecular flexibility index (Phi) is 4.84. The standard InChI is InChI=1S/C18H27N3/c1-6-11-21-13-14(12-20-21)17(19-5)15-9-7-8-10-16(15)18(2,3)4/h7-10,12-13,17,19H,6,11H2,1-5H3. The number of rotatable bonds is 5. The number of aromatic nitrogens is 2. The molecule has 0 saturated heterocycles. The van der Waals surface area contributed by atoms with Crippen molar-refractivity contribution in [2.75, 3.05) is 7.05 Å². The quantitative estimate of drug-likeness (QED) is 0.903. The van der Waals surface area contributed by atoms with Crippen LogP contribution in [0.15, 0.2) is 36.7 Å². The van der Waals surface area contributed by atoms with E-state index in [2.05, 4.69) is 68.6 Å². The molecule has 0 saturated carbocycles. The maximum atomic E-state index is 4.47. The highest BCUT2D eigenvalue weighted by Crippen LogP contribution is 2.32. The van der Waals surface area contributed by atoms with Crippen molar-refractivity contribution in [2.24, 2.45) is 0 Å². The van der Waals surface area contributed by atoms with Crippen LogP contribution in [0.5, 0.6) is 0 Å². The molecule has 1 N–H and O–H groups in total. The van der Waals surface area contributed by atoms with E-state index in [0.29, 0.717) is 0 Å². The summed E-state index contributed by atoms with van der Waals surface area (Å²) in [5, 5.41) is 7.92. The molecule has 0 aliphatic heterocycles. The van der Waals surface area contributed by atoms with Crippen molar-refractivity contribution in [2.45, 2.75) is 52.1 Å². The highest BCUT2D eigenvalue weighted by atomic mass is 15.3. The molecule has 1 heterocycles. The van der Waals surface area contributed by atoms with Gasteiger partial charge in [-0.2, -0.15) is 5.10 Å². The lowest BCUT2D eigenvalue weighted by Gasteiger charge is -2.27. The highest BCUT2D eigenvalue weighted by Gasteiger charge is 2.23. The Bertz CT molecular complexity index is 578. The first-order valence-electron chi connectivity index (χ1n) is 7.76. The number of aryl methyl sites for hydroxylation is 1. The van der Waals surface area contributed by atoms with Crippen molar-refractivity contribution in [3.8, 4) is 0 Å². The Hall–Kier alpha value is -1.61. The summed E-state index contributed by atoms with van der Waals surface area (Å²) in [6, 6.07) is 8.88. The second kappa shape index (κ2) is 6.44. The molecule has 0 fully saturated rings. The minimum Gasteiger partial charge on any atom is -0.309 e. The zero-order chi connectivity index (χ0) is 15.5. The van der Waals surface area contributed by atoms with Crippen LogP contribution in [0.1, 0.15) is 56.8 Å². The summed E-state index contributed by atoms with van der Waals surface area (Å²) >= 11 is 0. The van der Waals surface area contributed by atoms with E-state index in [1.165, 1.54) is 16.7 Å². The van der Waals surface area contributed by atoms with E-state index < -0.39 is 0 Å². The van der Waals surface area contributed by atoms with Crippen LogP contribution in [0, 0.1) is 0 Å². The molecule has 1 aromatic heterocycles. The zero-order valence-corrected chi connectivity index (χ0v) is 13.9. The Morgan fingerprint density at radius 2 is 1.95 bits per heavy atom. The average Bonchev–Trinajstić information content (AvgIpc) is 2.88. The van der Waals surface area contributed by atoms with Crippen LogP contribution in [0.4, 0.5) is 0 Å². The van der Waals surface area contributed by atoms with Gasteiger partial charge in [0, 0.05) is 18.3 Å². The zero-order valence-electron chi connectivity index (χ0n) is 13.9. The van der Waals surface area contributed by atoms with Gasteiger partial charge in [0.05, 0.1) is 12.2 Å². The van der Waals surface area contributed by atoms with Gasteiger partial charge < -0.3 is 5.32 Å². The van der Waals surface area contributed by atoms with Gasteiger partial charge in [0.25, 0.3) is 0 Å². The molecule has 1 unspecified atom stereocenters. The predicted molar refractivity (Wildman–Crippen MR) is 88.6 cm³/mol. The summed E-state index contributed by atoms with van der Waals surface area (Å²) in [5.41, 5.74) is 4.07. The number of hydrogen-bond acceptors (Lipinski definition) is 2. The molecule has 0 bridgehead atoms. The third kappa shape index (κ3) is 3.53. The summed E-state index contributed by atoms with van der Waals surface area (Å²) in [5.74, 6) is 0. The van der Waals surface area contributed by atoms with Crippen LogP contribution in [-0.2, 0) is 12.0 Å². The van der Waals surface area contributed by atoms with Crippen molar-refractivity contribution >= 4 is 0 Å². The number of nitrogens with zero attached hydrogens (tertiary/aromatic N) is 2. The van der Waals surface area contributed by atoms with Crippen molar-refractivity contribution in [3.63, 3.8) is 0 Å². The fourth-order valence-corrected chi connectivity index (χ4v) is 2.81. The maximum absolute atomic E-state index is 4.47. The monoisotopic (exact) mass is 285 g/mol. The molecule has 3 heteroatoms. The van der Waals surface area contributed by atoms with Gasteiger partial charge in [0.2, 0.25) is 0 Å². The molecule has 21 heavy (non-hydrogen) atoms. The van der Waals surface area contributed by atoms with Gasteiger partial charge in [-0.15, -0.1) is 0 Å². The molecule has 0 radical (unpaired) electrons. The molecule has 0 aliphatic carbocycles. The van der Waals surface area contributed by atoms with Gasteiger partial charge >= 0.3 is 0 Å². The SMILES string of the molecule is CCCn1cc(C(NC)c2ccccc2C(C)(C)C)cn1. The Morgan fingerprint density at radius 3 is 2.57 bits per heavy atom. The van der Waals surface area contributed by atoms with Crippen molar-refractivity contribution < 1.29 is 0 Å². The first kappa shape index (κ1) is 15.8. The minimum absolute atomic E-state index is 0.130. The molecular formula is C18H27N3. The van der Waals surface area contributed by atoms with Gasteiger partial charge in [-0.1, -0.05) is 52.0 Å². The van der Waals surface area contributed by atoms with Crippen LogP contribution in [0.25, 0.3) is 0 Å². The fraction of sp³-hybridized carbons (Fsp3) is 0.500. The normalized spacial score (nSPS) is 13.4. The summed E-state index contributed by atoms with van der Waals surface area (Å²) in [7, 11) is 2.02. The molecule has 0 aliphatic rings. The second-order valence-electron chi connectivity index (χ2n) is 6.60. The van der Waals surface area contributed by atoms with Crippen LogP contribution in [0.2, 0.25) is 0 Å². The minimum atomic E-state index is 0.130. The lowest BCUT2D eigenvalue weighted by Crippen LogP contribution is -2.23. The Morgan fingerprint density at radius 1 is 1.24 bits per heavy atom. The first-order valence-corrected chi connectivity index (χ1v) is 7.76. The van der Waals surface area contributed by atoms with E-state index in [1.54, 1.807) is 0 Å². The largest absolute Gasteiger partial charge is 0.309 e. The van der Waals surface area contributed by atoms with Crippen LogP contribution in [-0.4, -0.2) is 16.8 Å².